The number of anilines is 1. The number of benzene rings is 1. The van der Waals surface area contributed by atoms with Gasteiger partial charge in [0, 0.05) is 13.1 Å². The summed E-state index contributed by atoms with van der Waals surface area (Å²) in [5, 5.41) is 0. The van der Waals surface area contributed by atoms with Crippen molar-refractivity contribution in [1.82, 2.24) is 0 Å². The van der Waals surface area contributed by atoms with Crippen LogP contribution in [0.5, 0.6) is 0 Å². The van der Waals surface area contributed by atoms with Crippen LogP contribution in [-0.4, -0.2) is 39.6 Å². The van der Waals surface area contributed by atoms with Crippen LogP contribution in [0.25, 0.3) is 0 Å². The summed E-state index contributed by atoms with van der Waals surface area (Å²) in [6, 6.07) is 6.63. The minimum Gasteiger partial charge on any atom is -0.741 e. The van der Waals surface area contributed by atoms with E-state index < -0.39 is 31.7 Å². The second kappa shape index (κ2) is 6.39. The molecule has 14 heteroatoms. The highest BCUT2D eigenvalue weighted by Gasteiger charge is 2.46. The Labute approximate surface area is 134 Å². The fourth-order valence-electron chi connectivity index (χ4n) is 1.66. The molecule has 23 heavy (non-hydrogen) atoms. The van der Waals surface area contributed by atoms with Crippen LogP contribution >= 0.6 is 11.6 Å². The fourth-order valence-corrected chi connectivity index (χ4v) is 3.03. The minimum absolute atomic E-state index is 0.336. The van der Waals surface area contributed by atoms with E-state index in [2.05, 4.69) is 0 Å². The number of nitrogens with zero attached hydrogens (tertiary/aromatic N) is 1. The normalized spacial score (nSPS) is 21.4. The lowest BCUT2D eigenvalue weighted by atomic mass is 10.3. The van der Waals surface area contributed by atoms with Gasteiger partial charge in [0.2, 0.25) is 0 Å². The van der Waals surface area contributed by atoms with Crippen LogP contribution in [0.4, 0.5) is 28.4 Å². The zero-order valence-corrected chi connectivity index (χ0v) is 13.5. The molecule has 0 aromatic heterocycles. The molecular weight excluding hydrogens is 392 g/mol. The molecule has 0 aliphatic carbocycles. The van der Waals surface area contributed by atoms with E-state index in [-0.39, 0.29) is 4.31 Å². The molecule has 0 saturated heterocycles. The van der Waals surface area contributed by atoms with Crippen LogP contribution in [-0.2, 0) is 20.5 Å². The molecule has 0 bridgehead atoms. The number of halogens is 5. The van der Waals surface area contributed by atoms with E-state index in [9.17, 15) is 25.5 Å². The molecule has 2 atom stereocenters. The number of alkyl halides is 4. The average Bonchev–Trinajstić information content (AvgIpc) is 2.60. The van der Waals surface area contributed by atoms with Gasteiger partial charge in [-0.25, -0.2) is 8.42 Å². The molecule has 7 nitrogen and oxygen atoms in total. The van der Waals surface area contributed by atoms with Gasteiger partial charge in [-0.15, -0.1) is 12.7 Å². The lowest BCUT2D eigenvalue weighted by Crippen LogP contribution is -3.11. The number of nitrogens with one attached hydrogen (secondary N) is 1. The third-order valence-corrected chi connectivity index (χ3v) is 4.83. The zero-order chi connectivity index (χ0) is 18.2. The van der Waals surface area contributed by atoms with Gasteiger partial charge in [-0.3, -0.25) is 0 Å². The maximum atomic E-state index is 13.0. The first-order chi connectivity index (χ1) is 10.2. The number of quaternary nitrogens is 1. The Hall–Kier alpha value is -1.15. The minimum atomic E-state index is -6.09. The largest absolute Gasteiger partial charge is 0.741 e. The van der Waals surface area contributed by atoms with Crippen LogP contribution in [0.15, 0.2) is 24.3 Å². The predicted octanol–water partition coefficient (Wildman–Crippen LogP) is 0.441. The van der Waals surface area contributed by atoms with Crippen molar-refractivity contribution >= 4 is 43.5 Å². The molecule has 0 spiro atoms. The van der Waals surface area contributed by atoms with Crippen molar-refractivity contribution in [2.75, 3.05) is 11.9 Å². The average molecular weight is 401 g/mol. The molecular formula is C9H9ClF4N2O5S2. The Kier molecular flexibility index (Phi) is 5.53. The second-order valence-electron chi connectivity index (χ2n) is 4.17. The van der Waals surface area contributed by atoms with E-state index in [1.54, 1.807) is 31.3 Å². The van der Waals surface area contributed by atoms with Gasteiger partial charge in [0.15, 0.2) is 15.8 Å². The Bertz CT molecular complexity index is 783. The summed E-state index contributed by atoms with van der Waals surface area (Å²) in [7, 11) is -9.23. The number of hydrogen-bond donors (Lipinski definition) is 1. The van der Waals surface area contributed by atoms with Crippen LogP contribution in [0.2, 0.25) is 0 Å². The predicted molar refractivity (Wildman–Crippen MR) is 70.9 cm³/mol. The molecule has 1 aliphatic rings. The van der Waals surface area contributed by atoms with E-state index in [4.69, 9.17) is 24.6 Å². The Balaban J connectivity index is 0.000000284. The molecule has 0 saturated carbocycles. The van der Waals surface area contributed by atoms with Crippen LogP contribution < -0.4 is 9.21 Å². The van der Waals surface area contributed by atoms with Gasteiger partial charge in [0.1, 0.15) is 5.69 Å². The van der Waals surface area contributed by atoms with Gasteiger partial charge in [-0.2, -0.15) is 13.2 Å². The molecule has 0 radical (unpaired) electrons. The van der Waals surface area contributed by atoms with Gasteiger partial charge in [0.25, 0.3) is 5.62 Å². The van der Waals surface area contributed by atoms with Crippen molar-refractivity contribution in [3.8, 4) is 0 Å². The Morgan fingerprint density at radius 3 is 2.04 bits per heavy atom. The van der Waals surface area contributed by atoms with Crippen molar-refractivity contribution in [3.63, 3.8) is 0 Å². The number of hydrogen-bond acceptors (Lipinski definition) is 6. The van der Waals surface area contributed by atoms with Crippen molar-refractivity contribution in [2.24, 2.45) is 0 Å². The number of para-hydroxylation sites is 2. The molecule has 0 amide bonds. The summed E-state index contributed by atoms with van der Waals surface area (Å²) in [6.45, 7) is 0. The second-order valence-corrected chi connectivity index (χ2v) is 7.27. The fraction of sp³-hybridized carbons (Fsp3) is 0.333. The van der Waals surface area contributed by atoms with Crippen molar-refractivity contribution in [3.05, 3.63) is 24.3 Å². The van der Waals surface area contributed by atoms with Crippen molar-refractivity contribution in [2.45, 2.75) is 11.1 Å². The summed E-state index contributed by atoms with van der Waals surface area (Å²) < 4.78 is 93.4. The first-order valence-electron chi connectivity index (χ1n) is 5.48. The maximum Gasteiger partial charge on any atom is 0.485 e. The lowest BCUT2D eigenvalue weighted by molar-refractivity contribution is -0.701. The molecule has 2 unspecified atom stereocenters. The SMILES string of the molecule is CN1c2ccccc2[NH+](S(=O)(=O)F)C1Cl.O=S(=O)([O-])C(F)(F)F. The summed E-state index contributed by atoms with van der Waals surface area (Å²) in [5.41, 5.74) is -5.67. The standard InChI is InChI=1S/C8H8ClFN2O2S.CHF3O3S/c1-11-6-4-2-3-5-7(6)12(8(11)9)15(10,13)14;2-1(3,4)8(5,6)7/h2-5,8H,1H3;(H,5,6,7). The van der Waals surface area contributed by atoms with E-state index in [0.717, 1.165) is 0 Å². The highest BCUT2D eigenvalue weighted by Crippen LogP contribution is 2.29. The van der Waals surface area contributed by atoms with Gasteiger partial charge in [-0.1, -0.05) is 16.0 Å². The Morgan fingerprint density at radius 1 is 1.22 bits per heavy atom. The molecule has 1 aromatic rings. The maximum absolute atomic E-state index is 13.0. The first-order valence-corrected chi connectivity index (χ1v) is 8.70. The smallest absolute Gasteiger partial charge is 0.485 e. The molecule has 0 fully saturated rings. The number of fused-ring (bicyclic) bond motifs is 1. The highest BCUT2D eigenvalue weighted by molar-refractivity contribution is 7.86. The van der Waals surface area contributed by atoms with Gasteiger partial charge < -0.3 is 9.45 Å². The van der Waals surface area contributed by atoms with Crippen molar-refractivity contribution in [1.29, 1.82) is 0 Å². The summed E-state index contributed by atoms with van der Waals surface area (Å²) in [4.78, 5) is 1.52. The topological polar surface area (TPSA) is 99.0 Å². The summed E-state index contributed by atoms with van der Waals surface area (Å²) >= 11 is 5.85. The van der Waals surface area contributed by atoms with Gasteiger partial charge >= 0.3 is 15.9 Å². The third-order valence-electron chi connectivity index (χ3n) is 2.65. The zero-order valence-electron chi connectivity index (χ0n) is 11.1. The van der Waals surface area contributed by atoms with E-state index in [1.807, 2.05) is 0 Å². The van der Waals surface area contributed by atoms with E-state index in [1.165, 1.54) is 4.90 Å². The quantitative estimate of drug-likeness (QED) is 0.183. The van der Waals surface area contributed by atoms with Crippen LogP contribution in [0, 0.1) is 0 Å². The molecule has 2 rings (SSSR count). The summed E-state index contributed by atoms with van der Waals surface area (Å²) in [6.07, 6.45) is 0. The summed E-state index contributed by atoms with van der Waals surface area (Å²) in [5.74, 6) is 0. The third kappa shape index (κ3) is 4.44. The van der Waals surface area contributed by atoms with Crippen LogP contribution in [0.3, 0.4) is 0 Å². The van der Waals surface area contributed by atoms with E-state index in [0.29, 0.717) is 11.4 Å². The molecule has 1 aliphatic heterocycles. The Morgan fingerprint density at radius 2 is 1.65 bits per heavy atom. The first kappa shape index (κ1) is 19.9. The molecule has 1 aromatic carbocycles. The lowest BCUT2D eigenvalue weighted by Gasteiger charge is -2.15. The van der Waals surface area contributed by atoms with Gasteiger partial charge in [0.05, 0.1) is 0 Å². The van der Waals surface area contributed by atoms with Crippen molar-refractivity contribution < 1.29 is 42.8 Å². The molecule has 1 N–H and O–H groups in total. The van der Waals surface area contributed by atoms with Gasteiger partial charge in [-0.05, 0) is 17.7 Å². The van der Waals surface area contributed by atoms with Crippen LogP contribution in [0.1, 0.15) is 0 Å². The number of rotatable bonds is 1. The highest BCUT2D eigenvalue weighted by atomic mass is 35.5. The molecule has 1 heterocycles. The van der Waals surface area contributed by atoms with E-state index >= 15 is 0 Å². The monoisotopic (exact) mass is 400 g/mol. The molecule has 132 valence electrons.